The molecule has 6 rings (SSSR count). The highest BCUT2D eigenvalue weighted by molar-refractivity contribution is 5.87. The molecule has 3 aromatic heterocycles. The lowest BCUT2D eigenvalue weighted by molar-refractivity contribution is -0.122. The largest absolute Gasteiger partial charge is 0.361 e. The van der Waals surface area contributed by atoms with E-state index in [9.17, 15) is 9.18 Å². The van der Waals surface area contributed by atoms with Crippen LogP contribution < -0.4 is 15.5 Å². The van der Waals surface area contributed by atoms with Gasteiger partial charge in [0.2, 0.25) is 5.91 Å². The Bertz CT molecular complexity index is 1470. The van der Waals surface area contributed by atoms with Crippen LogP contribution in [0, 0.1) is 18.7 Å². The number of halogens is 1. The summed E-state index contributed by atoms with van der Waals surface area (Å²) < 4.78 is 14.4. The molecule has 2 aliphatic rings. The Balaban J connectivity index is 1.36. The summed E-state index contributed by atoms with van der Waals surface area (Å²) >= 11 is 0. The zero-order valence-electron chi connectivity index (χ0n) is 20.3. The first kappa shape index (κ1) is 22.6. The molecule has 1 aromatic carbocycles. The standard InChI is InChI=1S/C27H28FN7O/c1-15-21(28)8-7-18-12-20(16(2)32-25-24-22(30-14-31-25)4-3-10-29-24)26(34-23(15)18)35-11-9-19(13-35)33-27(36)17-5-6-17/h3-4,7-8,10,12,14,16-17,19H,5-6,9,11,13H2,1-2H3,(H,33,36)(H,30,31,32)/t16-,19-/m0/s1. The SMILES string of the molecule is Cc1c(F)ccc2cc([C@H](C)Nc3ncnc4cccnc34)c(N3CC[C@H](NC(=O)C4CC4)C3)nc12. The van der Waals surface area contributed by atoms with Crippen molar-refractivity contribution in [3.05, 3.63) is 59.8 Å². The third-order valence-electron chi connectivity index (χ3n) is 7.18. The maximum absolute atomic E-state index is 14.4. The van der Waals surface area contributed by atoms with Crippen LogP contribution in [0.2, 0.25) is 0 Å². The Morgan fingerprint density at radius 1 is 1.14 bits per heavy atom. The average Bonchev–Trinajstić information content (AvgIpc) is 3.65. The third-order valence-corrected chi connectivity index (χ3v) is 7.18. The number of carbonyl (C=O) groups excluding carboxylic acids is 1. The van der Waals surface area contributed by atoms with E-state index >= 15 is 0 Å². The van der Waals surface area contributed by atoms with Gasteiger partial charge in [-0.2, -0.15) is 0 Å². The molecule has 1 amide bonds. The quantitative estimate of drug-likeness (QED) is 0.420. The number of amides is 1. The van der Waals surface area contributed by atoms with Gasteiger partial charge in [0.25, 0.3) is 0 Å². The molecular formula is C27H28FN7O. The molecule has 0 bridgehead atoms. The van der Waals surface area contributed by atoms with Crippen LogP contribution in [-0.2, 0) is 4.79 Å². The smallest absolute Gasteiger partial charge is 0.223 e. The highest BCUT2D eigenvalue weighted by Gasteiger charge is 2.34. The van der Waals surface area contributed by atoms with E-state index < -0.39 is 0 Å². The van der Waals surface area contributed by atoms with E-state index in [-0.39, 0.29) is 29.7 Å². The molecule has 2 N–H and O–H groups in total. The highest BCUT2D eigenvalue weighted by atomic mass is 19.1. The molecule has 0 spiro atoms. The number of rotatable bonds is 6. The van der Waals surface area contributed by atoms with E-state index in [1.807, 2.05) is 12.1 Å². The molecule has 184 valence electrons. The monoisotopic (exact) mass is 485 g/mol. The first-order chi connectivity index (χ1) is 17.5. The van der Waals surface area contributed by atoms with Gasteiger partial charge in [0.05, 0.1) is 17.1 Å². The Morgan fingerprint density at radius 3 is 2.83 bits per heavy atom. The molecule has 2 atom stereocenters. The third kappa shape index (κ3) is 4.19. The van der Waals surface area contributed by atoms with Crippen molar-refractivity contribution in [3.63, 3.8) is 0 Å². The maximum atomic E-state index is 14.4. The number of pyridine rings is 2. The van der Waals surface area contributed by atoms with Crippen molar-refractivity contribution >= 4 is 39.5 Å². The zero-order valence-corrected chi connectivity index (χ0v) is 20.3. The minimum atomic E-state index is -0.269. The number of hydrogen-bond donors (Lipinski definition) is 2. The summed E-state index contributed by atoms with van der Waals surface area (Å²) in [7, 11) is 0. The minimum absolute atomic E-state index is 0.0790. The molecule has 4 heterocycles. The van der Waals surface area contributed by atoms with Crippen LogP contribution in [0.3, 0.4) is 0 Å². The Kier molecular flexibility index (Phi) is 5.62. The number of aryl methyl sites for hydroxylation is 1. The number of aromatic nitrogens is 4. The number of nitrogens with one attached hydrogen (secondary N) is 2. The molecular weight excluding hydrogens is 457 g/mol. The van der Waals surface area contributed by atoms with Crippen LogP contribution in [0.4, 0.5) is 16.0 Å². The van der Waals surface area contributed by atoms with Gasteiger partial charge in [0, 0.05) is 47.8 Å². The summed E-state index contributed by atoms with van der Waals surface area (Å²) in [6.07, 6.45) is 6.07. The fourth-order valence-corrected chi connectivity index (χ4v) is 4.95. The number of hydrogen-bond acceptors (Lipinski definition) is 7. The van der Waals surface area contributed by atoms with Gasteiger partial charge < -0.3 is 15.5 Å². The van der Waals surface area contributed by atoms with E-state index in [1.54, 1.807) is 19.2 Å². The van der Waals surface area contributed by atoms with E-state index in [1.165, 1.54) is 12.4 Å². The Labute approximate surface area is 208 Å². The zero-order chi connectivity index (χ0) is 24.8. The van der Waals surface area contributed by atoms with Gasteiger partial charge in [-0.3, -0.25) is 9.78 Å². The topological polar surface area (TPSA) is 95.9 Å². The summed E-state index contributed by atoms with van der Waals surface area (Å²) in [4.78, 5) is 32.7. The lowest BCUT2D eigenvalue weighted by atomic mass is 10.0. The molecule has 1 aliphatic heterocycles. The van der Waals surface area contributed by atoms with Gasteiger partial charge in [0.1, 0.15) is 23.5 Å². The summed E-state index contributed by atoms with van der Waals surface area (Å²) in [5, 5.41) is 7.58. The second kappa shape index (κ2) is 8.96. The lowest BCUT2D eigenvalue weighted by Gasteiger charge is -2.26. The number of fused-ring (bicyclic) bond motifs is 2. The molecule has 4 aromatic rings. The second-order valence-electron chi connectivity index (χ2n) is 9.82. The van der Waals surface area contributed by atoms with Crippen molar-refractivity contribution in [1.82, 2.24) is 25.3 Å². The van der Waals surface area contributed by atoms with Crippen LogP contribution in [0.1, 0.15) is 43.4 Å². The second-order valence-corrected chi connectivity index (χ2v) is 9.82. The molecule has 36 heavy (non-hydrogen) atoms. The number of benzene rings is 1. The summed E-state index contributed by atoms with van der Waals surface area (Å²) in [6.45, 7) is 5.25. The van der Waals surface area contributed by atoms with Crippen LogP contribution in [0.15, 0.2) is 42.9 Å². The molecule has 0 unspecified atom stereocenters. The molecule has 1 saturated heterocycles. The summed E-state index contributed by atoms with van der Waals surface area (Å²) in [5.74, 6) is 1.51. The molecule has 9 heteroatoms. The van der Waals surface area contributed by atoms with Gasteiger partial charge in [-0.15, -0.1) is 0 Å². The fourth-order valence-electron chi connectivity index (χ4n) is 4.95. The molecule has 1 saturated carbocycles. The van der Waals surface area contributed by atoms with Gasteiger partial charge >= 0.3 is 0 Å². The van der Waals surface area contributed by atoms with Crippen molar-refractivity contribution in [3.8, 4) is 0 Å². The predicted molar refractivity (Wildman–Crippen MR) is 137 cm³/mol. The van der Waals surface area contributed by atoms with Crippen molar-refractivity contribution in [2.45, 2.75) is 45.2 Å². The number of nitrogens with zero attached hydrogens (tertiary/aromatic N) is 5. The average molecular weight is 486 g/mol. The maximum Gasteiger partial charge on any atom is 0.223 e. The lowest BCUT2D eigenvalue weighted by Crippen LogP contribution is -2.38. The van der Waals surface area contributed by atoms with Gasteiger partial charge in [0.15, 0.2) is 5.82 Å². The fraction of sp³-hybridized carbons (Fsp3) is 0.370. The van der Waals surface area contributed by atoms with Crippen molar-refractivity contribution < 1.29 is 9.18 Å². The first-order valence-electron chi connectivity index (χ1n) is 12.5. The van der Waals surface area contributed by atoms with Crippen molar-refractivity contribution in [1.29, 1.82) is 0 Å². The Morgan fingerprint density at radius 2 is 2.00 bits per heavy atom. The van der Waals surface area contributed by atoms with Crippen LogP contribution in [-0.4, -0.2) is 45.0 Å². The van der Waals surface area contributed by atoms with E-state index in [0.29, 0.717) is 29.0 Å². The van der Waals surface area contributed by atoms with E-state index in [2.05, 4.69) is 43.5 Å². The van der Waals surface area contributed by atoms with Crippen molar-refractivity contribution in [2.24, 2.45) is 5.92 Å². The van der Waals surface area contributed by atoms with Crippen LogP contribution in [0.5, 0.6) is 0 Å². The normalized spacial score (nSPS) is 18.5. The molecule has 1 aliphatic carbocycles. The van der Waals surface area contributed by atoms with Gasteiger partial charge in [-0.05, 0) is 63.4 Å². The summed E-state index contributed by atoms with van der Waals surface area (Å²) in [6, 6.07) is 9.01. The number of anilines is 2. The van der Waals surface area contributed by atoms with Gasteiger partial charge in [-0.25, -0.2) is 19.3 Å². The van der Waals surface area contributed by atoms with Crippen molar-refractivity contribution in [2.75, 3.05) is 23.3 Å². The van der Waals surface area contributed by atoms with Crippen LogP contribution in [0.25, 0.3) is 21.9 Å². The Hall–Kier alpha value is -3.88. The van der Waals surface area contributed by atoms with Gasteiger partial charge in [-0.1, -0.05) is 0 Å². The van der Waals surface area contributed by atoms with E-state index in [4.69, 9.17) is 4.98 Å². The minimum Gasteiger partial charge on any atom is -0.361 e. The van der Waals surface area contributed by atoms with Crippen LogP contribution >= 0.6 is 0 Å². The molecule has 2 fully saturated rings. The molecule has 8 nitrogen and oxygen atoms in total. The number of carbonyl (C=O) groups is 1. The highest BCUT2D eigenvalue weighted by Crippen LogP contribution is 2.35. The molecule has 0 radical (unpaired) electrons. The predicted octanol–water partition coefficient (Wildman–Crippen LogP) is 4.30. The van der Waals surface area contributed by atoms with E-state index in [0.717, 1.165) is 48.1 Å². The first-order valence-corrected chi connectivity index (χ1v) is 12.5. The summed E-state index contributed by atoms with van der Waals surface area (Å²) in [5.41, 5.74) is 3.62.